The van der Waals surface area contributed by atoms with E-state index in [1.165, 1.54) is 30.4 Å². The van der Waals surface area contributed by atoms with Crippen LogP contribution in [0, 0.1) is 5.82 Å². The maximum absolute atomic E-state index is 13.6. The van der Waals surface area contributed by atoms with Gasteiger partial charge in [-0.2, -0.15) is 13.2 Å². The van der Waals surface area contributed by atoms with Crippen LogP contribution < -0.4 is 10.5 Å². The number of halogens is 4. The number of ether oxygens (including phenoxy) is 1. The normalized spacial score (nSPS) is 12.5. The number of alkyl halides is 3. The Morgan fingerprint density at radius 3 is 2.34 bits per heavy atom. The molecule has 0 aliphatic rings. The molecule has 0 heterocycles. The summed E-state index contributed by atoms with van der Waals surface area (Å²) in [5.74, 6) is -0.687. The molecule has 158 valence electrons. The van der Waals surface area contributed by atoms with E-state index in [2.05, 4.69) is 0 Å². The standard InChI is InChI=1S/C21H23F4NO3/c22-18-6-2-1-4-16(18)5-3-11-29-19-8-7-15(12-17(19)21(23,24)25)9-10-20(26,13-27)14-28/h1-2,4,6-10,12,27-28H,3,5,11,13-14,26H2/b10-9+. The fourth-order valence-corrected chi connectivity index (χ4v) is 2.56. The van der Waals surface area contributed by atoms with Crippen molar-refractivity contribution in [3.8, 4) is 5.75 Å². The summed E-state index contributed by atoms with van der Waals surface area (Å²) in [6.45, 7) is -1.13. The maximum Gasteiger partial charge on any atom is 0.419 e. The van der Waals surface area contributed by atoms with Gasteiger partial charge in [-0.05, 0) is 42.2 Å². The lowest BCUT2D eigenvalue weighted by molar-refractivity contribution is -0.139. The van der Waals surface area contributed by atoms with Crippen molar-refractivity contribution in [2.45, 2.75) is 24.6 Å². The van der Waals surface area contributed by atoms with E-state index in [-0.39, 0.29) is 23.7 Å². The molecule has 0 spiro atoms. The lowest BCUT2D eigenvalue weighted by Gasteiger charge is -2.20. The first-order chi connectivity index (χ1) is 13.7. The molecule has 0 unspecified atom stereocenters. The second-order valence-electron chi connectivity index (χ2n) is 6.68. The van der Waals surface area contributed by atoms with Crippen molar-refractivity contribution < 1.29 is 32.5 Å². The fraction of sp³-hybridized carbons (Fsp3) is 0.333. The average molecular weight is 413 g/mol. The van der Waals surface area contributed by atoms with E-state index in [1.54, 1.807) is 18.2 Å². The Morgan fingerprint density at radius 1 is 1.03 bits per heavy atom. The van der Waals surface area contributed by atoms with Crippen LogP contribution in [0.2, 0.25) is 0 Å². The highest BCUT2D eigenvalue weighted by molar-refractivity contribution is 5.55. The van der Waals surface area contributed by atoms with Crippen molar-refractivity contribution in [3.05, 3.63) is 71.0 Å². The van der Waals surface area contributed by atoms with Gasteiger partial charge in [0.1, 0.15) is 11.6 Å². The van der Waals surface area contributed by atoms with E-state index in [9.17, 15) is 17.6 Å². The van der Waals surface area contributed by atoms with Gasteiger partial charge in [0.2, 0.25) is 0 Å². The molecule has 0 radical (unpaired) electrons. The minimum Gasteiger partial charge on any atom is -0.493 e. The summed E-state index contributed by atoms with van der Waals surface area (Å²) in [7, 11) is 0. The van der Waals surface area contributed by atoms with Crippen molar-refractivity contribution >= 4 is 6.08 Å². The van der Waals surface area contributed by atoms with Gasteiger partial charge in [-0.15, -0.1) is 0 Å². The van der Waals surface area contributed by atoms with Gasteiger partial charge in [0.25, 0.3) is 0 Å². The van der Waals surface area contributed by atoms with Gasteiger partial charge in [-0.3, -0.25) is 0 Å². The molecule has 4 N–H and O–H groups in total. The highest BCUT2D eigenvalue weighted by atomic mass is 19.4. The highest BCUT2D eigenvalue weighted by Crippen LogP contribution is 2.37. The Balaban J connectivity index is 2.09. The molecule has 4 nitrogen and oxygen atoms in total. The number of hydrogen-bond donors (Lipinski definition) is 3. The number of rotatable bonds is 9. The number of aliphatic hydroxyl groups excluding tert-OH is 2. The van der Waals surface area contributed by atoms with E-state index in [0.29, 0.717) is 18.4 Å². The molecular weight excluding hydrogens is 390 g/mol. The van der Waals surface area contributed by atoms with Gasteiger partial charge >= 0.3 is 6.18 Å². The predicted octanol–water partition coefficient (Wildman–Crippen LogP) is 3.55. The Labute approximate surface area is 166 Å². The van der Waals surface area contributed by atoms with E-state index < -0.39 is 30.5 Å². The SMILES string of the molecule is NC(/C=C/c1ccc(OCCCc2ccccc2F)c(C(F)(F)F)c1)(CO)CO. The quantitative estimate of drug-likeness (QED) is 0.434. The van der Waals surface area contributed by atoms with Crippen molar-refractivity contribution in [3.63, 3.8) is 0 Å². The summed E-state index contributed by atoms with van der Waals surface area (Å²) < 4.78 is 59.1. The van der Waals surface area contributed by atoms with Crippen LogP contribution in [0.5, 0.6) is 5.75 Å². The number of nitrogens with two attached hydrogens (primary N) is 1. The van der Waals surface area contributed by atoms with Crippen LogP contribution >= 0.6 is 0 Å². The third-order valence-corrected chi connectivity index (χ3v) is 4.31. The molecule has 0 fully saturated rings. The Morgan fingerprint density at radius 2 is 1.72 bits per heavy atom. The van der Waals surface area contributed by atoms with Crippen LogP contribution in [0.4, 0.5) is 17.6 Å². The van der Waals surface area contributed by atoms with Gasteiger partial charge in [-0.1, -0.05) is 36.4 Å². The van der Waals surface area contributed by atoms with Crippen LogP contribution in [-0.4, -0.2) is 35.6 Å². The smallest absolute Gasteiger partial charge is 0.419 e. The topological polar surface area (TPSA) is 75.7 Å². The fourth-order valence-electron chi connectivity index (χ4n) is 2.56. The van der Waals surface area contributed by atoms with Crippen LogP contribution in [0.25, 0.3) is 6.08 Å². The number of benzene rings is 2. The molecule has 8 heteroatoms. The summed E-state index contributed by atoms with van der Waals surface area (Å²) in [6.07, 6.45) is -1.40. The molecule has 0 saturated heterocycles. The van der Waals surface area contributed by atoms with Crippen molar-refractivity contribution in [1.29, 1.82) is 0 Å². The van der Waals surface area contributed by atoms with Gasteiger partial charge in [-0.25, -0.2) is 4.39 Å². The first-order valence-corrected chi connectivity index (χ1v) is 8.96. The van der Waals surface area contributed by atoms with Crippen molar-refractivity contribution in [2.75, 3.05) is 19.8 Å². The van der Waals surface area contributed by atoms with Gasteiger partial charge < -0.3 is 20.7 Å². The Bertz CT molecular complexity index is 833. The van der Waals surface area contributed by atoms with Gasteiger partial charge in [0.15, 0.2) is 0 Å². The van der Waals surface area contributed by atoms with Crippen LogP contribution in [-0.2, 0) is 12.6 Å². The number of aryl methyl sites for hydroxylation is 1. The monoisotopic (exact) mass is 413 g/mol. The van der Waals surface area contributed by atoms with Crippen LogP contribution in [0.1, 0.15) is 23.1 Å². The minimum absolute atomic E-state index is 0.00641. The van der Waals surface area contributed by atoms with E-state index in [0.717, 1.165) is 6.07 Å². The first-order valence-electron chi connectivity index (χ1n) is 8.96. The summed E-state index contributed by atoms with van der Waals surface area (Å²) in [6, 6.07) is 9.71. The lowest BCUT2D eigenvalue weighted by atomic mass is 10.0. The summed E-state index contributed by atoms with van der Waals surface area (Å²) >= 11 is 0. The lowest BCUT2D eigenvalue weighted by Crippen LogP contribution is -2.45. The molecule has 0 atom stereocenters. The van der Waals surface area contributed by atoms with Crippen molar-refractivity contribution in [2.24, 2.45) is 5.73 Å². The molecule has 0 aliphatic carbocycles. The van der Waals surface area contributed by atoms with Crippen LogP contribution in [0.15, 0.2) is 48.5 Å². The highest BCUT2D eigenvalue weighted by Gasteiger charge is 2.34. The van der Waals surface area contributed by atoms with Crippen molar-refractivity contribution in [1.82, 2.24) is 0 Å². The number of aliphatic hydroxyl groups is 2. The molecule has 0 bridgehead atoms. The van der Waals surface area contributed by atoms with E-state index in [4.69, 9.17) is 20.7 Å². The van der Waals surface area contributed by atoms with Gasteiger partial charge in [0, 0.05) is 0 Å². The third kappa shape index (κ3) is 6.56. The summed E-state index contributed by atoms with van der Waals surface area (Å²) in [5, 5.41) is 18.3. The predicted molar refractivity (Wildman–Crippen MR) is 102 cm³/mol. The zero-order chi connectivity index (χ0) is 21.5. The largest absolute Gasteiger partial charge is 0.493 e. The Hall–Kier alpha value is -2.42. The zero-order valence-electron chi connectivity index (χ0n) is 15.6. The molecular formula is C21H23F4NO3. The molecule has 0 amide bonds. The van der Waals surface area contributed by atoms with E-state index in [1.807, 2.05) is 0 Å². The molecule has 0 aromatic heterocycles. The maximum atomic E-state index is 13.6. The average Bonchev–Trinajstić information content (AvgIpc) is 2.70. The second-order valence-corrected chi connectivity index (χ2v) is 6.68. The molecule has 0 saturated carbocycles. The molecule has 2 aromatic carbocycles. The summed E-state index contributed by atoms with van der Waals surface area (Å²) in [5.41, 5.74) is 3.96. The summed E-state index contributed by atoms with van der Waals surface area (Å²) in [4.78, 5) is 0. The van der Waals surface area contributed by atoms with Crippen LogP contribution in [0.3, 0.4) is 0 Å². The molecule has 0 aliphatic heterocycles. The number of hydrogen-bond acceptors (Lipinski definition) is 4. The molecule has 29 heavy (non-hydrogen) atoms. The zero-order valence-corrected chi connectivity index (χ0v) is 15.6. The van der Waals surface area contributed by atoms with Gasteiger partial charge in [0.05, 0.1) is 30.9 Å². The second kappa shape index (κ2) is 9.87. The first kappa shape index (κ1) is 22.9. The van der Waals surface area contributed by atoms with E-state index >= 15 is 0 Å². The minimum atomic E-state index is -4.64. The molecule has 2 rings (SSSR count). The Kier molecular flexibility index (Phi) is 7.78. The molecule has 2 aromatic rings. The third-order valence-electron chi connectivity index (χ3n) is 4.31.